The van der Waals surface area contributed by atoms with E-state index in [-0.39, 0.29) is 0 Å². The fraction of sp³-hybridized carbons (Fsp3) is 0.611. The number of β-amino-alcohol motifs (C(OH)–C–C–N with tert-alkyl or cyclic N) is 1. The molecule has 0 amide bonds. The summed E-state index contributed by atoms with van der Waals surface area (Å²) in [6.07, 6.45) is 1.13. The van der Waals surface area contributed by atoms with Crippen LogP contribution in [0.25, 0.3) is 0 Å². The van der Waals surface area contributed by atoms with E-state index in [1.54, 1.807) is 6.26 Å². The first-order valence-corrected chi connectivity index (χ1v) is 8.76. The summed E-state index contributed by atoms with van der Waals surface area (Å²) in [5.41, 5.74) is 0.964. The largest absolute Gasteiger partial charge is 0.467 e. The number of oxazole rings is 1. The van der Waals surface area contributed by atoms with Crippen LogP contribution in [0.15, 0.2) is 27.2 Å². The molecular weight excluding hydrogens is 322 g/mol. The zero-order valence-electron chi connectivity index (χ0n) is 15.0. The van der Waals surface area contributed by atoms with E-state index < -0.39 is 6.10 Å². The summed E-state index contributed by atoms with van der Waals surface area (Å²) in [7, 11) is 0. The molecule has 0 aromatic carbocycles. The van der Waals surface area contributed by atoms with Crippen LogP contribution in [0.2, 0.25) is 0 Å². The first kappa shape index (κ1) is 18.1. The molecule has 0 aliphatic carbocycles. The maximum absolute atomic E-state index is 10.1. The fourth-order valence-corrected chi connectivity index (χ4v) is 2.97. The van der Waals surface area contributed by atoms with Crippen LogP contribution in [-0.4, -0.2) is 65.3 Å². The van der Waals surface area contributed by atoms with Crippen molar-refractivity contribution in [2.24, 2.45) is 0 Å². The maximum atomic E-state index is 10.1. The molecule has 25 heavy (non-hydrogen) atoms. The molecule has 0 radical (unpaired) electrons. The first-order valence-electron chi connectivity index (χ1n) is 8.76. The van der Waals surface area contributed by atoms with Crippen molar-refractivity contribution >= 4 is 0 Å². The molecule has 1 aliphatic rings. The Balaban J connectivity index is 1.33. The Hall–Kier alpha value is -1.67. The molecule has 2 aromatic rings. The molecule has 3 rings (SSSR count). The number of hydrogen-bond donors (Lipinski definition) is 1. The highest BCUT2D eigenvalue weighted by atomic mass is 16.5. The summed E-state index contributed by atoms with van der Waals surface area (Å²) in [6.45, 7) is 9.74. The average Bonchev–Trinajstić information content (AvgIpc) is 3.20. The third-order valence-electron chi connectivity index (χ3n) is 4.50. The number of furan rings is 1. The number of hydrogen-bond acceptors (Lipinski definition) is 7. The highest BCUT2D eigenvalue weighted by molar-refractivity contribution is 5.05. The smallest absolute Gasteiger partial charge is 0.208 e. The Kier molecular flexibility index (Phi) is 6.25. The van der Waals surface area contributed by atoms with Gasteiger partial charge in [0.25, 0.3) is 0 Å². The van der Waals surface area contributed by atoms with E-state index in [9.17, 15) is 5.11 Å². The number of nitrogens with zero attached hydrogens (tertiary/aromatic N) is 3. The predicted octanol–water partition coefficient (Wildman–Crippen LogP) is 1.58. The lowest BCUT2D eigenvalue weighted by Gasteiger charge is -2.34. The van der Waals surface area contributed by atoms with Gasteiger partial charge in [-0.1, -0.05) is 0 Å². The van der Waals surface area contributed by atoms with E-state index in [0.717, 1.165) is 55.8 Å². The third kappa shape index (κ3) is 5.40. The molecule has 2 aromatic heterocycles. The van der Waals surface area contributed by atoms with E-state index >= 15 is 0 Å². The van der Waals surface area contributed by atoms with E-state index in [4.69, 9.17) is 13.6 Å². The van der Waals surface area contributed by atoms with Gasteiger partial charge in [-0.25, -0.2) is 4.98 Å². The standard InChI is InChI=1S/C18H27N3O4/c1-14-15(2)25-18(19-14)11-21-7-5-20(6-8-21)10-16(22)12-23-13-17-4-3-9-24-17/h3-4,9,16,22H,5-8,10-13H2,1-2H3. The van der Waals surface area contributed by atoms with Gasteiger partial charge in [-0.05, 0) is 26.0 Å². The zero-order valence-corrected chi connectivity index (χ0v) is 15.0. The predicted molar refractivity (Wildman–Crippen MR) is 92.1 cm³/mol. The molecule has 1 fully saturated rings. The number of aromatic nitrogens is 1. The quantitative estimate of drug-likeness (QED) is 0.775. The Morgan fingerprint density at radius 2 is 2.00 bits per heavy atom. The molecule has 0 spiro atoms. The van der Waals surface area contributed by atoms with Gasteiger partial charge in [0.05, 0.1) is 31.2 Å². The minimum absolute atomic E-state index is 0.315. The van der Waals surface area contributed by atoms with Crippen molar-refractivity contribution in [3.05, 3.63) is 41.5 Å². The Morgan fingerprint density at radius 3 is 2.64 bits per heavy atom. The van der Waals surface area contributed by atoms with Gasteiger partial charge in [0.15, 0.2) is 0 Å². The second-order valence-electron chi connectivity index (χ2n) is 6.57. The van der Waals surface area contributed by atoms with Crippen LogP contribution in [0, 0.1) is 13.8 Å². The molecule has 3 heterocycles. The summed E-state index contributed by atoms with van der Waals surface area (Å²) in [4.78, 5) is 9.04. The van der Waals surface area contributed by atoms with Crippen LogP contribution in [0.5, 0.6) is 0 Å². The van der Waals surface area contributed by atoms with E-state index in [1.165, 1.54) is 0 Å². The normalized spacial score (nSPS) is 17.9. The summed E-state index contributed by atoms with van der Waals surface area (Å²) in [5.74, 6) is 2.46. The monoisotopic (exact) mass is 349 g/mol. The second-order valence-corrected chi connectivity index (χ2v) is 6.57. The van der Waals surface area contributed by atoms with Gasteiger partial charge in [-0.3, -0.25) is 9.80 Å². The molecule has 1 saturated heterocycles. The van der Waals surface area contributed by atoms with Crippen molar-refractivity contribution in [1.29, 1.82) is 0 Å². The Bertz CT molecular complexity index is 613. The van der Waals surface area contributed by atoms with Crippen molar-refractivity contribution < 1.29 is 18.7 Å². The van der Waals surface area contributed by atoms with Crippen LogP contribution >= 0.6 is 0 Å². The van der Waals surface area contributed by atoms with Gasteiger partial charge >= 0.3 is 0 Å². The van der Waals surface area contributed by atoms with E-state index in [2.05, 4.69) is 14.8 Å². The van der Waals surface area contributed by atoms with Crippen molar-refractivity contribution in [3.8, 4) is 0 Å². The summed E-state index contributed by atoms with van der Waals surface area (Å²) in [5, 5.41) is 10.1. The minimum Gasteiger partial charge on any atom is -0.467 e. The van der Waals surface area contributed by atoms with Gasteiger partial charge in [-0.15, -0.1) is 0 Å². The number of aliphatic hydroxyl groups is 1. The lowest BCUT2D eigenvalue weighted by atomic mass is 10.2. The summed E-state index contributed by atoms with van der Waals surface area (Å²) >= 11 is 0. The van der Waals surface area contributed by atoms with Gasteiger partial charge in [-0.2, -0.15) is 0 Å². The highest BCUT2D eigenvalue weighted by Gasteiger charge is 2.21. The highest BCUT2D eigenvalue weighted by Crippen LogP contribution is 2.12. The zero-order chi connectivity index (χ0) is 17.6. The molecular formula is C18H27N3O4. The van der Waals surface area contributed by atoms with Crippen LogP contribution in [0.4, 0.5) is 0 Å². The molecule has 7 nitrogen and oxygen atoms in total. The molecule has 7 heteroatoms. The third-order valence-corrected chi connectivity index (χ3v) is 4.50. The SMILES string of the molecule is Cc1nc(CN2CCN(CC(O)COCc3ccco3)CC2)oc1C. The van der Waals surface area contributed by atoms with Crippen molar-refractivity contribution in [3.63, 3.8) is 0 Å². The van der Waals surface area contributed by atoms with E-state index in [0.29, 0.717) is 19.8 Å². The maximum Gasteiger partial charge on any atom is 0.208 e. The lowest BCUT2D eigenvalue weighted by molar-refractivity contribution is -0.00354. The van der Waals surface area contributed by atoms with Crippen LogP contribution in [-0.2, 0) is 17.9 Å². The molecule has 1 aliphatic heterocycles. The topological polar surface area (TPSA) is 75.1 Å². The number of rotatable bonds is 8. The number of ether oxygens (including phenoxy) is 1. The Morgan fingerprint density at radius 1 is 1.24 bits per heavy atom. The molecule has 1 N–H and O–H groups in total. The molecule has 138 valence electrons. The van der Waals surface area contributed by atoms with Gasteiger partial charge in [0.1, 0.15) is 18.1 Å². The Labute approximate surface area is 148 Å². The van der Waals surface area contributed by atoms with Crippen molar-refractivity contribution in [1.82, 2.24) is 14.8 Å². The first-order chi connectivity index (χ1) is 12.1. The fourth-order valence-electron chi connectivity index (χ4n) is 2.97. The summed E-state index contributed by atoms with van der Waals surface area (Å²) in [6, 6.07) is 3.69. The average molecular weight is 349 g/mol. The van der Waals surface area contributed by atoms with E-state index in [1.807, 2.05) is 26.0 Å². The van der Waals surface area contributed by atoms with Crippen molar-refractivity contribution in [2.45, 2.75) is 33.1 Å². The molecule has 1 unspecified atom stereocenters. The van der Waals surface area contributed by atoms with Crippen LogP contribution < -0.4 is 0 Å². The second kappa shape index (κ2) is 8.62. The van der Waals surface area contributed by atoms with Crippen LogP contribution in [0.3, 0.4) is 0 Å². The van der Waals surface area contributed by atoms with Crippen molar-refractivity contribution in [2.75, 3.05) is 39.3 Å². The molecule has 0 saturated carbocycles. The van der Waals surface area contributed by atoms with Crippen LogP contribution in [0.1, 0.15) is 23.1 Å². The van der Waals surface area contributed by atoms with Gasteiger partial charge in [0.2, 0.25) is 5.89 Å². The van der Waals surface area contributed by atoms with Gasteiger partial charge < -0.3 is 18.7 Å². The minimum atomic E-state index is -0.487. The lowest BCUT2D eigenvalue weighted by Crippen LogP contribution is -2.48. The number of aliphatic hydroxyl groups excluding tert-OH is 1. The molecule has 1 atom stereocenters. The number of piperazine rings is 1. The van der Waals surface area contributed by atoms with Gasteiger partial charge in [0, 0.05) is 32.7 Å². The molecule has 0 bridgehead atoms. The summed E-state index contributed by atoms with van der Waals surface area (Å²) < 4.78 is 16.3. The number of aryl methyl sites for hydroxylation is 2.